The van der Waals surface area contributed by atoms with E-state index in [4.69, 9.17) is 4.52 Å². The fourth-order valence-corrected chi connectivity index (χ4v) is 3.27. The zero-order chi connectivity index (χ0) is 18.0. The molecule has 1 N–H and O–H groups in total. The van der Waals surface area contributed by atoms with Gasteiger partial charge in [-0.1, -0.05) is 56.3 Å². The van der Waals surface area contributed by atoms with E-state index in [0.717, 1.165) is 10.4 Å². The normalized spacial score (nSPS) is 11.5. The second-order valence-corrected chi connectivity index (χ2v) is 8.09. The van der Waals surface area contributed by atoms with Gasteiger partial charge in [0.2, 0.25) is 0 Å². The third kappa shape index (κ3) is 3.82. The van der Waals surface area contributed by atoms with Crippen LogP contribution in [0, 0.1) is 6.92 Å². The van der Waals surface area contributed by atoms with Gasteiger partial charge in [-0.3, -0.25) is 4.79 Å². The second kappa shape index (κ2) is 6.84. The van der Waals surface area contributed by atoms with Crippen LogP contribution in [-0.4, -0.2) is 11.1 Å². The van der Waals surface area contributed by atoms with Crippen molar-refractivity contribution >= 4 is 17.2 Å². The van der Waals surface area contributed by atoms with Gasteiger partial charge in [0.05, 0.1) is 12.2 Å². The van der Waals surface area contributed by atoms with Crippen LogP contribution in [0.1, 0.15) is 47.3 Å². The number of aryl methyl sites for hydroxylation is 1. The summed E-state index contributed by atoms with van der Waals surface area (Å²) in [4.78, 5) is 13.7. The molecule has 0 atom stereocenters. The number of carbonyl (C=O) groups is 1. The lowest BCUT2D eigenvalue weighted by molar-refractivity contribution is 0.0951. The lowest BCUT2D eigenvalue weighted by Gasteiger charge is -2.18. The minimum Gasteiger partial charge on any atom is -0.355 e. The highest BCUT2D eigenvalue weighted by Gasteiger charge is 2.22. The van der Waals surface area contributed by atoms with Gasteiger partial charge in [0.1, 0.15) is 5.56 Å². The van der Waals surface area contributed by atoms with Gasteiger partial charge >= 0.3 is 0 Å². The third-order valence-electron chi connectivity index (χ3n) is 4.11. The molecule has 0 aliphatic carbocycles. The first-order valence-electron chi connectivity index (χ1n) is 8.24. The molecule has 0 aliphatic rings. The fraction of sp³-hybridized carbons (Fsp3) is 0.300. The van der Waals surface area contributed by atoms with E-state index in [1.807, 2.05) is 29.6 Å². The number of carbonyl (C=O) groups excluding carboxylic acids is 1. The highest BCUT2D eigenvalue weighted by molar-refractivity contribution is 7.09. The van der Waals surface area contributed by atoms with Crippen molar-refractivity contribution in [3.63, 3.8) is 0 Å². The van der Waals surface area contributed by atoms with Crippen LogP contribution >= 0.6 is 11.3 Å². The Morgan fingerprint density at radius 1 is 1.20 bits per heavy atom. The first-order chi connectivity index (χ1) is 11.9. The zero-order valence-electron chi connectivity index (χ0n) is 14.9. The molecule has 5 heteroatoms. The maximum atomic E-state index is 12.6. The molecule has 0 aliphatic heterocycles. The average molecular weight is 354 g/mol. The minimum atomic E-state index is -0.165. The van der Waals surface area contributed by atoms with Gasteiger partial charge in [0, 0.05) is 10.4 Å². The average Bonchev–Trinajstić information content (AvgIpc) is 3.21. The fourth-order valence-electron chi connectivity index (χ4n) is 2.62. The molecule has 130 valence electrons. The summed E-state index contributed by atoms with van der Waals surface area (Å²) in [6.07, 6.45) is 0. The molecule has 0 saturated heterocycles. The van der Waals surface area contributed by atoms with E-state index in [1.165, 1.54) is 5.56 Å². The van der Waals surface area contributed by atoms with Crippen LogP contribution in [0.25, 0.3) is 11.3 Å². The van der Waals surface area contributed by atoms with Gasteiger partial charge in [0.15, 0.2) is 5.76 Å². The minimum absolute atomic E-state index is 0.0801. The van der Waals surface area contributed by atoms with E-state index in [2.05, 4.69) is 43.4 Å². The Morgan fingerprint density at radius 2 is 1.92 bits per heavy atom. The van der Waals surface area contributed by atoms with Gasteiger partial charge in [-0.15, -0.1) is 11.3 Å². The standard InChI is InChI=1S/C20H22N2O2S/c1-13-17(19(23)21-12-16-6-5-11-25-16)18(24-22-13)14-7-9-15(10-8-14)20(2,3)4/h5-11H,12H2,1-4H3,(H,21,23). The predicted octanol–water partition coefficient (Wildman–Crippen LogP) is 4.94. The van der Waals surface area contributed by atoms with Crippen LogP contribution in [0.4, 0.5) is 0 Å². The molecule has 3 aromatic rings. The largest absolute Gasteiger partial charge is 0.355 e. The molecule has 25 heavy (non-hydrogen) atoms. The van der Waals surface area contributed by atoms with Crippen LogP contribution in [0.3, 0.4) is 0 Å². The molecule has 0 spiro atoms. The predicted molar refractivity (Wildman–Crippen MR) is 101 cm³/mol. The van der Waals surface area contributed by atoms with E-state index in [9.17, 15) is 4.79 Å². The molecular weight excluding hydrogens is 332 g/mol. The van der Waals surface area contributed by atoms with Crippen LogP contribution in [-0.2, 0) is 12.0 Å². The van der Waals surface area contributed by atoms with Crippen molar-refractivity contribution in [3.8, 4) is 11.3 Å². The molecule has 0 fully saturated rings. The molecule has 0 radical (unpaired) electrons. The monoisotopic (exact) mass is 354 g/mol. The number of nitrogens with one attached hydrogen (secondary N) is 1. The summed E-state index contributed by atoms with van der Waals surface area (Å²) in [5, 5.41) is 8.94. The van der Waals surface area contributed by atoms with Crippen molar-refractivity contribution in [1.82, 2.24) is 10.5 Å². The van der Waals surface area contributed by atoms with Crippen molar-refractivity contribution in [3.05, 3.63) is 63.5 Å². The quantitative estimate of drug-likeness (QED) is 0.722. The van der Waals surface area contributed by atoms with E-state index >= 15 is 0 Å². The third-order valence-corrected chi connectivity index (χ3v) is 4.98. The SMILES string of the molecule is Cc1noc(-c2ccc(C(C)(C)C)cc2)c1C(=O)NCc1cccs1. The first kappa shape index (κ1) is 17.4. The molecule has 0 unspecified atom stereocenters. The van der Waals surface area contributed by atoms with Crippen molar-refractivity contribution in [2.45, 2.75) is 39.7 Å². The summed E-state index contributed by atoms with van der Waals surface area (Å²) in [5.74, 6) is 0.351. The Labute approximate surface area is 151 Å². The molecule has 0 saturated carbocycles. The van der Waals surface area contributed by atoms with Gasteiger partial charge in [-0.25, -0.2) is 0 Å². The number of nitrogens with zero attached hydrogens (tertiary/aromatic N) is 1. The van der Waals surface area contributed by atoms with Crippen molar-refractivity contribution < 1.29 is 9.32 Å². The Bertz CT molecular complexity index is 856. The molecule has 1 aromatic carbocycles. The molecule has 3 rings (SSSR count). The van der Waals surface area contributed by atoms with Crippen LogP contribution in [0.15, 0.2) is 46.3 Å². The number of aromatic nitrogens is 1. The molecular formula is C20H22N2O2S. The van der Waals surface area contributed by atoms with Crippen molar-refractivity contribution in [2.75, 3.05) is 0 Å². The maximum absolute atomic E-state index is 12.6. The van der Waals surface area contributed by atoms with Crippen LogP contribution in [0.2, 0.25) is 0 Å². The zero-order valence-corrected chi connectivity index (χ0v) is 15.7. The van der Waals surface area contributed by atoms with Gasteiger partial charge in [0.25, 0.3) is 5.91 Å². The van der Waals surface area contributed by atoms with E-state index < -0.39 is 0 Å². The molecule has 0 bridgehead atoms. The lowest BCUT2D eigenvalue weighted by Crippen LogP contribution is -2.23. The molecule has 2 aromatic heterocycles. The highest BCUT2D eigenvalue weighted by Crippen LogP contribution is 2.29. The first-order valence-corrected chi connectivity index (χ1v) is 9.12. The van der Waals surface area contributed by atoms with Gasteiger partial charge in [-0.05, 0) is 29.3 Å². The van der Waals surface area contributed by atoms with Crippen LogP contribution < -0.4 is 5.32 Å². The summed E-state index contributed by atoms with van der Waals surface area (Å²) in [5.41, 5.74) is 3.27. The molecule has 2 heterocycles. The van der Waals surface area contributed by atoms with Crippen molar-refractivity contribution in [2.24, 2.45) is 0 Å². The lowest BCUT2D eigenvalue weighted by atomic mass is 9.86. The number of hydrogen-bond donors (Lipinski definition) is 1. The Kier molecular flexibility index (Phi) is 4.77. The van der Waals surface area contributed by atoms with Crippen molar-refractivity contribution in [1.29, 1.82) is 0 Å². The topological polar surface area (TPSA) is 55.1 Å². The maximum Gasteiger partial charge on any atom is 0.257 e. The van der Waals surface area contributed by atoms with Gasteiger partial charge < -0.3 is 9.84 Å². The number of benzene rings is 1. The summed E-state index contributed by atoms with van der Waals surface area (Å²) < 4.78 is 5.46. The Balaban J connectivity index is 1.85. The molecule has 1 amide bonds. The summed E-state index contributed by atoms with van der Waals surface area (Å²) >= 11 is 1.62. The van der Waals surface area contributed by atoms with Crippen LogP contribution in [0.5, 0.6) is 0 Å². The second-order valence-electron chi connectivity index (χ2n) is 7.06. The smallest absolute Gasteiger partial charge is 0.257 e. The summed E-state index contributed by atoms with van der Waals surface area (Å²) in [6.45, 7) is 8.80. The van der Waals surface area contributed by atoms with E-state index in [1.54, 1.807) is 18.3 Å². The number of rotatable bonds is 4. The summed E-state index contributed by atoms with van der Waals surface area (Å²) in [7, 11) is 0. The number of thiophene rings is 1. The van der Waals surface area contributed by atoms with Gasteiger partial charge in [-0.2, -0.15) is 0 Å². The highest BCUT2D eigenvalue weighted by atomic mass is 32.1. The summed E-state index contributed by atoms with van der Waals surface area (Å²) in [6, 6.07) is 12.1. The Hall–Kier alpha value is -2.40. The number of amides is 1. The number of hydrogen-bond acceptors (Lipinski definition) is 4. The Morgan fingerprint density at radius 3 is 2.52 bits per heavy atom. The van der Waals surface area contributed by atoms with E-state index in [-0.39, 0.29) is 11.3 Å². The van der Waals surface area contributed by atoms with E-state index in [0.29, 0.717) is 23.6 Å². The molecule has 4 nitrogen and oxygen atoms in total.